The van der Waals surface area contributed by atoms with E-state index in [0.29, 0.717) is 28.1 Å². The molecule has 2 aromatic heterocycles. The van der Waals surface area contributed by atoms with Gasteiger partial charge in [0.25, 0.3) is 0 Å². The summed E-state index contributed by atoms with van der Waals surface area (Å²) in [5, 5.41) is 0.193. The second-order valence-electron chi connectivity index (χ2n) is 17.1. The summed E-state index contributed by atoms with van der Waals surface area (Å²) in [6, 6.07) is 4.10. The Morgan fingerprint density at radius 3 is 1.82 bits per heavy atom. The molecule has 0 N–H and O–H groups in total. The number of benzene rings is 7. The first kappa shape index (κ1) is 22.1. The van der Waals surface area contributed by atoms with E-state index < -0.39 is 102 Å². The Morgan fingerprint density at radius 2 is 1.15 bits per heavy atom. The van der Waals surface area contributed by atoms with Gasteiger partial charge in [-0.05, 0) is 99.1 Å². The van der Waals surface area contributed by atoms with Gasteiger partial charge in [0.15, 0.2) is 0 Å². The van der Waals surface area contributed by atoms with Crippen LogP contribution in [0.4, 0.5) is 22.7 Å². The fourth-order valence-electron chi connectivity index (χ4n) is 7.92. The van der Waals surface area contributed by atoms with Gasteiger partial charge in [-0.1, -0.05) is 169 Å². The van der Waals surface area contributed by atoms with Crippen molar-refractivity contribution < 1.29 is 27.4 Å². The quantitative estimate of drug-likeness (QED) is 0.160. The number of hydrogen-bond acceptors (Lipinski definition) is 3. The summed E-state index contributed by atoms with van der Waals surface area (Å²) in [5.74, 6) is 0.331. The second-order valence-corrected chi connectivity index (χ2v) is 17.1. The van der Waals surface area contributed by atoms with Gasteiger partial charge in [0.05, 0.1) is 55.5 Å². The lowest BCUT2D eigenvalue weighted by Gasteiger charge is -2.28. The third-order valence-electron chi connectivity index (χ3n) is 11.0. The minimum absolute atomic E-state index is 0.0154. The molecule has 4 nitrogen and oxygen atoms in total. The normalized spacial score (nSPS) is 17.6. The molecule has 0 saturated heterocycles. The summed E-state index contributed by atoms with van der Waals surface area (Å²) in [6.07, 6.45) is 1.60. The van der Waals surface area contributed by atoms with E-state index in [2.05, 4.69) is 4.98 Å². The van der Waals surface area contributed by atoms with E-state index in [1.807, 2.05) is 65.8 Å². The van der Waals surface area contributed by atoms with Crippen molar-refractivity contribution in [3.63, 3.8) is 0 Å². The minimum Gasteiger partial charge on any atom is -0.321 e. The van der Waals surface area contributed by atoms with E-state index in [9.17, 15) is 5.48 Å². The average Bonchev–Trinajstić information content (AvgIpc) is 4.08. The van der Waals surface area contributed by atoms with Crippen LogP contribution in [0.5, 0.6) is 0 Å². The summed E-state index contributed by atoms with van der Waals surface area (Å²) in [5.41, 5.74) is 1.25. The van der Waals surface area contributed by atoms with Crippen LogP contribution >= 0.6 is 0 Å². The maximum absolute atomic E-state index is 9.58. The highest BCUT2D eigenvalue weighted by atomic mass is 15.4. The van der Waals surface area contributed by atoms with Crippen molar-refractivity contribution in [3.8, 4) is 28.1 Å². The molecule has 0 aliphatic carbocycles. The number of para-hydroxylation sites is 4. The van der Waals surface area contributed by atoms with E-state index in [-0.39, 0.29) is 98.3 Å². The number of nitrogens with zero attached hydrogens (tertiary/aromatic N) is 4. The highest BCUT2D eigenvalue weighted by Crippen LogP contribution is 2.50. The third-order valence-corrected chi connectivity index (χ3v) is 11.0. The lowest BCUT2D eigenvalue weighted by atomic mass is 9.85. The molecule has 7 aromatic carbocycles. The molecule has 9 aromatic rings. The van der Waals surface area contributed by atoms with Gasteiger partial charge >= 0.3 is 0 Å². The smallest absolute Gasteiger partial charge is 0.137 e. The Balaban J connectivity index is 1.24. The highest BCUT2D eigenvalue weighted by Gasteiger charge is 2.32. The molecule has 0 bridgehead atoms. The van der Waals surface area contributed by atoms with E-state index in [1.165, 1.54) is 23.1 Å². The van der Waals surface area contributed by atoms with Crippen molar-refractivity contribution >= 4 is 44.6 Å². The SMILES string of the molecule is [2H]c1c([2H])c([2H])c(-c2cccc(-c3c([2H])c([2H])c([2H])c([2H])c3[2H])c2N2CN(c3cc(Cc4cc5c(c([2H])c4[2H])c4c([2H])c([2H])c([2H])c([2H])c4n5-c4cc(C(C)(C)C)ccn4)cc(C(C)(C)C)c3)c3c([2H])c([2H])c([2H])c([2H])c32)c([2H])c1[2H]. The molecule has 1 aliphatic heterocycles. The largest absolute Gasteiger partial charge is 0.321 e. The first-order valence-corrected chi connectivity index (χ1v) is 19.9. The zero-order chi connectivity index (χ0) is 59.3. The van der Waals surface area contributed by atoms with Crippen LogP contribution in [0.3, 0.4) is 0 Å². The van der Waals surface area contributed by atoms with Crippen LogP contribution in [0.25, 0.3) is 49.9 Å². The molecule has 0 atom stereocenters. The van der Waals surface area contributed by atoms with Crippen LogP contribution in [0.1, 0.15) is 91.2 Å². The van der Waals surface area contributed by atoms with Gasteiger partial charge in [0, 0.05) is 33.8 Å². The zero-order valence-corrected chi connectivity index (χ0v) is 34.5. The van der Waals surface area contributed by atoms with Crippen LogP contribution in [0, 0.1) is 0 Å². The Morgan fingerprint density at radius 1 is 0.541 bits per heavy atom. The fraction of sp³-hybridized carbons (Fsp3) is 0.175. The van der Waals surface area contributed by atoms with Crippen molar-refractivity contribution in [1.82, 2.24) is 9.55 Å². The lowest BCUT2D eigenvalue weighted by molar-refractivity contribution is 0.588. The van der Waals surface area contributed by atoms with E-state index in [0.717, 1.165) is 11.1 Å². The first-order valence-electron chi connectivity index (χ1n) is 29.9. The molecule has 0 unspecified atom stereocenters. The fourth-order valence-corrected chi connectivity index (χ4v) is 7.92. The Bertz CT molecular complexity index is 4090. The molecule has 0 saturated carbocycles. The van der Waals surface area contributed by atoms with Crippen molar-refractivity contribution in [2.45, 2.75) is 58.8 Å². The number of anilines is 4. The summed E-state index contributed by atoms with van der Waals surface area (Å²) in [4.78, 5) is 7.75. The first-order chi connectivity index (χ1) is 37.8. The highest BCUT2D eigenvalue weighted by molar-refractivity contribution is 6.09. The Labute approximate surface area is 388 Å². The molecular formula is C57H52N4. The van der Waals surface area contributed by atoms with Crippen LogP contribution in [-0.2, 0) is 17.3 Å². The number of rotatable bonds is 7. The number of fused-ring (bicyclic) bond motifs is 4. The second kappa shape index (κ2) is 15.0. The summed E-state index contributed by atoms with van der Waals surface area (Å²) < 4.78 is 181. The third kappa shape index (κ3) is 7.06. The molecule has 4 heteroatoms. The molecule has 0 radical (unpaired) electrons. The van der Waals surface area contributed by atoms with Crippen LogP contribution in [-0.4, -0.2) is 16.2 Å². The topological polar surface area (TPSA) is 24.3 Å². The van der Waals surface area contributed by atoms with Crippen LogP contribution in [0.2, 0.25) is 0 Å². The standard InChI is InChI=1S/C57H52N4/c1-56(2,3)43-30-31-58-54(37-43)61-50-25-14-13-22-48(50)49-29-28-39(35-53(49)61)32-40-33-44(57(4,5)6)36-45(34-40)59-38-60(52-27-16-15-26-51(52)59)55-46(41-18-9-7-10-19-41)23-17-24-47(55)42-20-11-8-12-21-42/h7-31,33-37H,32,38H2,1-6H3/i7D,8D,9D,10D,11D,12D,13D,14D,15D,16D,18D,19D,20D,21D,22D,25D,26D,27D,28D,29D. The summed E-state index contributed by atoms with van der Waals surface area (Å²) >= 11 is 0. The van der Waals surface area contributed by atoms with Crippen molar-refractivity contribution in [1.29, 1.82) is 0 Å². The molecular weight excluding hydrogens is 741 g/mol. The zero-order valence-electron chi connectivity index (χ0n) is 54.5. The summed E-state index contributed by atoms with van der Waals surface area (Å²) in [7, 11) is 0. The lowest BCUT2D eigenvalue weighted by Crippen LogP contribution is -2.25. The van der Waals surface area contributed by atoms with E-state index in [4.69, 9.17) is 21.9 Å². The van der Waals surface area contributed by atoms with Gasteiger partial charge in [0.2, 0.25) is 0 Å². The number of pyridine rings is 1. The molecule has 1 aliphatic rings. The Hall–Kier alpha value is -6.91. The summed E-state index contributed by atoms with van der Waals surface area (Å²) in [6.45, 7) is 11.6. The van der Waals surface area contributed by atoms with E-state index in [1.54, 1.807) is 27.8 Å². The molecule has 10 rings (SSSR count). The average molecular weight is 813 g/mol. The predicted octanol–water partition coefficient (Wildman–Crippen LogP) is 14.9. The minimum atomic E-state index is -0.686. The molecule has 3 heterocycles. The van der Waals surface area contributed by atoms with Crippen LogP contribution < -0.4 is 9.80 Å². The molecule has 300 valence electrons. The van der Waals surface area contributed by atoms with Gasteiger partial charge in [0.1, 0.15) is 12.5 Å². The van der Waals surface area contributed by atoms with E-state index >= 15 is 0 Å². The van der Waals surface area contributed by atoms with Gasteiger partial charge in [-0.3, -0.25) is 4.57 Å². The molecule has 0 amide bonds. The van der Waals surface area contributed by atoms with Gasteiger partial charge in [-0.2, -0.15) is 0 Å². The molecule has 61 heavy (non-hydrogen) atoms. The monoisotopic (exact) mass is 813 g/mol. The Kier molecular flexibility index (Phi) is 5.42. The van der Waals surface area contributed by atoms with Crippen molar-refractivity contribution in [3.05, 3.63) is 204 Å². The molecule has 0 spiro atoms. The maximum Gasteiger partial charge on any atom is 0.137 e. The van der Waals surface area contributed by atoms with Gasteiger partial charge in [-0.15, -0.1) is 0 Å². The van der Waals surface area contributed by atoms with Gasteiger partial charge < -0.3 is 9.80 Å². The van der Waals surface area contributed by atoms with Crippen LogP contribution in [0.15, 0.2) is 182 Å². The van der Waals surface area contributed by atoms with Crippen molar-refractivity contribution in [2.75, 3.05) is 16.5 Å². The number of aromatic nitrogens is 2. The predicted molar refractivity (Wildman–Crippen MR) is 258 cm³/mol. The van der Waals surface area contributed by atoms with Crippen molar-refractivity contribution in [2.24, 2.45) is 0 Å². The molecule has 0 fully saturated rings. The maximum atomic E-state index is 9.58. The van der Waals surface area contributed by atoms with Gasteiger partial charge in [-0.25, -0.2) is 4.98 Å². The number of hydrogen-bond donors (Lipinski definition) is 0.